The number of hydrogen-bond donors (Lipinski definition) is 1. The Morgan fingerprint density at radius 3 is 2.33 bits per heavy atom. The summed E-state index contributed by atoms with van der Waals surface area (Å²) in [5.74, 6) is -0.990. The summed E-state index contributed by atoms with van der Waals surface area (Å²) in [6.07, 6.45) is 3.03. The molecule has 1 N–H and O–H groups in total. The highest BCUT2D eigenvalue weighted by Gasteiger charge is 2.43. The maximum atomic E-state index is 13.2. The van der Waals surface area contributed by atoms with Crippen LogP contribution in [0.4, 0.5) is 5.69 Å². The van der Waals surface area contributed by atoms with Gasteiger partial charge in [0.2, 0.25) is 0 Å². The fourth-order valence-electron chi connectivity index (χ4n) is 3.78. The molecule has 1 aliphatic heterocycles. The molecule has 4 rings (SSSR count). The third-order valence-corrected chi connectivity index (χ3v) is 5.56. The molecule has 0 saturated carbocycles. The lowest BCUT2D eigenvalue weighted by molar-refractivity contribution is -0.117. The highest BCUT2D eigenvalue weighted by atomic mass is 35.5. The molecule has 1 atom stereocenters. The highest BCUT2D eigenvalue weighted by molar-refractivity contribution is 6.30. The van der Waals surface area contributed by atoms with E-state index in [2.05, 4.69) is 0 Å². The number of ketones is 1. The highest BCUT2D eigenvalue weighted by Crippen LogP contribution is 2.41. The molecule has 5 nitrogen and oxygen atoms in total. The molecule has 3 aromatic carbocycles. The molecule has 6 heteroatoms. The topological polar surface area (TPSA) is 66.8 Å². The Kier molecular flexibility index (Phi) is 6.61. The number of benzene rings is 3. The van der Waals surface area contributed by atoms with Crippen LogP contribution in [0.5, 0.6) is 5.75 Å². The van der Waals surface area contributed by atoms with Gasteiger partial charge in [-0.3, -0.25) is 14.5 Å². The summed E-state index contributed by atoms with van der Waals surface area (Å²) in [7, 11) is 0. The van der Waals surface area contributed by atoms with Crippen molar-refractivity contribution in [3.63, 3.8) is 0 Å². The molecule has 3 aromatic rings. The Bertz CT molecular complexity index is 1220. The number of anilines is 1. The van der Waals surface area contributed by atoms with Crippen LogP contribution < -0.4 is 9.64 Å². The largest absolute Gasteiger partial charge is 0.503 e. The monoisotopic (exact) mass is 459 g/mol. The van der Waals surface area contributed by atoms with Crippen LogP contribution in [0.25, 0.3) is 6.08 Å². The van der Waals surface area contributed by atoms with Crippen LogP contribution in [-0.4, -0.2) is 23.4 Å². The van der Waals surface area contributed by atoms with E-state index in [0.717, 1.165) is 5.56 Å². The molecule has 1 amide bonds. The Balaban J connectivity index is 1.75. The van der Waals surface area contributed by atoms with Gasteiger partial charge in [-0.05, 0) is 60.5 Å². The van der Waals surface area contributed by atoms with Gasteiger partial charge in [0.1, 0.15) is 5.75 Å². The minimum absolute atomic E-state index is 0.0170. The zero-order valence-corrected chi connectivity index (χ0v) is 18.7. The van der Waals surface area contributed by atoms with Crippen molar-refractivity contribution in [3.05, 3.63) is 112 Å². The summed E-state index contributed by atoms with van der Waals surface area (Å²) in [6, 6.07) is 22.4. The molecular formula is C27H22ClNO4. The maximum absolute atomic E-state index is 13.2. The number of amides is 1. The number of nitrogens with zero attached hydrogens (tertiary/aromatic N) is 1. The van der Waals surface area contributed by atoms with E-state index in [1.165, 1.54) is 11.0 Å². The van der Waals surface area contributed by atoms with E-state index in [1.807, 2.05) is 37.3 Å². The number of rotatable bonds is 7. The van der Waals surface area contributed by atoms with E-state index in [-0.39, 0.29) is 5.57 Å². The number of hydrogen-bond acceptors (Lipinski definition) is 4. The van der Waals surface area contributed by atoms with Crippen LogP contribution in [0.3, 0.4) is 0 Å². The molecule has 0 bridgehead atoms. The molecule has 166 valence electrons. The third kappa shape index (κ3) is 4.69. The fourth-order valence-corrected chi connectivity index (χ4v) is 3.91. The van der Waals surface area contributed by atoms with Gasteiger partial charge < -0.3 is 9.84 Å². The average Bonchev–Trinajstić information content (AvgIpc) is 3.10. The van der Waals surface area contributed by atoms with Gasteiger partial charge in [0.15, 0.2) is 11.5 Å². The van der Waals surface area contributed by atoms with Gasteiger partial charge in [0.25, 0.3) is 5.91 Å². The number of aliphatic hydroxyl groups excluding tert-OH is 1. The molecule has 0 fully saturated rings. The quantitative estimate of drug-likeness (QED) is 0.445. The first-order valence-electron chi connectivity index (χ1n) is 10.5. The van der Waals surface area contributed by atoms with E-state index in [9.17, 15) is 14.7 Å². The minimum atomic E-state index is -0.805. The Labute approximate surface area is 197 Å². The van der Waals surface area contributed by atoms with Crippen LogP contribution in [-0.2, 0) is 9.59 Å². The van der Waals surface area contributed by atoms with E-state index < -0.39 is 23.5 Å². The summed E-state index contributed by atoms with van der Waals surface area (Å²) >= 11 is 6.06. The molecule has 0 aromatic heterocycles. The number of aliphatic hydroxyl groups is 1. The first-order chi connectivity index (χ1) is 16.0. The number of carbonyl (C=O) groups is 2. The normalized spacial score (nSPS) is 16.0. The van der Waals surface area contributed by atoms with Gasteiger partial charge in [0.05, 0.1) is 18.2 Å². The number of halogens is 1. The predicted octanol–water partition coefficient (Wildman–Crippen LogP) is 5.92. The minimum Gasteiger partial charge on any atom is -0.503 e. The lowest BCUT2D eigenvalue weighted by Crippen LogP contribution is -2.30. The summed E-state index contributed by atoms with van der Waals surface area (Å²) < 4.78 is 5.49. The van der Waals surface area contributed by atoms with Crippen LogP contribution in [0, 0.1) is 0 Å². The molecular weight excluding hydrogens is 438 g/mol. The van der Waals surface area contributed by atoms with E-state index in [4.69, 9.17) is 16.3 Å². The van der Waals surface area contributed by atoms with Crippen molar-refractivity contribution in [2.75, 3.05) is 11.5 Å². The second-order valence-corrected chi connectivity index (χ2v) is 7.86. The van der Waals surface area contributed by atoms with Gasteiger partial charge in [-0.25, -0.2) is 0 Å². The summed E-state index contributed by atoms with van der Waals surface area (Å²) in [5, 5.41) is 11.3. The first kappa shape index (κ1) is 22.4. The van der Waals surface area contributed by atoms with Crippen molar-refractivity contribution in [1.82, 2.24) is 0 Å². The molecule has 1 heterocycles. The van der Waals surface area contributed by atoms with Crippen LogP contribution in [0.2, 0.25) is 5.02 Å². The van der Waals surface area contributed by atoms with Crippen molar-refractivity contribution >= 4 is 35.1 Å². The first-order valence-corrected chi connectivity index (χ1v) is 10.9. The Hall–Kier alpha value is -3.83. The molecule has 0 aliphatic carbocycles. The zero-order valence-electron chi connectivity index (χ0n) is 17.9. The zero-order chi connectivity index (χ0) is 23.4. The Morgan fingerprint density at radius 2 is 1.70 bits per heavy atom. The summed E-state index contributed by atoms with van der Waals surface area (Å²) in [4.78, 5) is 27.8. The van der Waals surface area contributed by atoms with Crippen LogP contribution >= 0.6 is 11.6 Å². The molecule has 0 spiro atoms. The smallest absolute Gasteiger partial charge is 0.294 e. The summed E-state index contributed by atoms with van der Waals surface area (Å²) in [6.45, 7) is 2.40. The summed E-state index contributed by atoms with van der Waals surface area (Å²) in [5.41, 5.74) is 2.04. The number of ether oxygens (including phenoxy) is 1. The molecule has 0 radical (unpaired) electrons. The van der Waals surface area contributed by atoms with Crippen molar-refractivity contribution in [2.45, 2.75) is 13.0 Å². The lowest BCUT2D eigenvalue weighted by atomic mass is 9.95. The third-order valence-electron chi connectivity index (χ3n) is 5.31. The van der Waals surface area contributed by atoms with Gasteiger partial charge >= 0.3 is 0 Å². The Morgan fingerprint density at radius 1 is 1.03 bits per heavy atom. The van der Waals surface area contributed by atoms with E-state index in [0.29, 0.717) is 28.6 Å². The van der Waals surface area contributed by atoms with Crippen molar-refractivity contribution in [2.24, 2.45) is 0 Å². The van der Waals surface area contributed by atoms with Gasteiger partial charge in [-0.1, -0.05) is 60.1 Å². The molecule has 0 saturated heterocycles. The van der Waals surface area contributed by atoms with Crippen molar-refractivity contribution in [1.29, 1.82) is 0 Å². The van der Waals surface area contributed by atoms with Crippen LogP contribution in [0.1, 0.15) is 24.1 Å². The molecule has 1 aliphatic rings. The van der Waals surface area contributed by atoms with Gasteiger partial charge in [-0.15, -0.1) is 0 Å². The van der Waals surface area contributed by atoms with Gasteiger partial charge in [0, 0.05) is 10.7 Å². The van der Waals surface area contributed by atoms with E-state index >= 15 is 0 Å². The number of carbonyl (C=O) groups excluding carboxylic acids is 2. The van der Waals surface area contributed by atoms with Crippen LogP contribution in [0.15, 0.2) is 96.3 Å². The van der Waals surface area contributed by atoms with E-state index in [1.54, 1.807) is 54.6 Å². The average molecular weight is 460 g/mol. The van der Waals surface area contributed by atoms with Crippen molar-refractivity contribution in [3.8, 4) is 5.75 Å². The molecule has 1 unspecified atom stereocenters. The maximum Gasteiger partial charge on any atom is 0.294 e. The second kappa shape index (κ2) is 9.76. The SMILES string of the molecule is CCOc1ccc(N2C(=O)C(O)=C(C(=O)/C=C/c3ccccc3)C2c2ccc(Cl)cc2)cc1. The lowest BCUT2D eigenvalue weighted by Gasteiger charge is -2.27. The fraction of sp³-hybridized carbons (Fsp3) is 0.111. The second-order valence-electron chi connectivity index (χ2n) is 7.43. The van der Waals surface area contributed by atoms with Crippen molar-refractivity contribution < 1.29 is 19.4 Å². The van der Waals surface area contributed by atoms with Gasteiger partial charge in [-0.2, -0.15) is 0 Å². The standard InChI is InChI=1S/C27H22ClNO4/c1-2-33-22-15-13-21(14-16-22)29-25(19-9-11-20(28)12-10-19)24(26(31)27(29)32)23(30)17-8-18-6-4-3-5-7-18/h3-17,25,31H,2H2,1H3/b17-8+. The number of allylic oxidation sites excluding steroid dienone is 1. The molecule has 33 heavy (non-hydrogen) atoms. The predicted molar refractivity (Wildman–Crippen MR) is 129 cm³/mol.